The van der Waals surface area contributed by atoms with Gasteiger partial charge in [0.2, 0.25) is 0 Å². The van der Waals surface area contributed by atoms with E-state index in [1.165, 1.54) is 0 Å². The van der Waals surface area contributed by atoms with Crippen LogP contribution < -0.4 is 5.32 Å². The largest absolute Gasteiger partial charge is 0.383 e. The molecule has 0 unspecified atom stereocenters. The topological polar surface area (TPSA) is 37.8 Å². The SMILES string of the molecule is CCNc1[c]nncc1. The highest BCUT2D eigenvalue weighted by molar-refractivity contribution is 5.36. The molecule has 1 aromatic heterocycles. The van der Waals surface area contributed by atoms with Crippen LogP contribution in [0.2, 0.25) is 0 Å². The van der Waals surface area contributed by atoms with Gasteiger partial charge in [-0.3, -0.25) is 0 Å². The first-order valence-corrected chi connectivity index (χ1v) is 2.86. The van der Waals surface area contributed by atoms with Crippen LogP contribution in [0.4, 0.5) is 5.69 Å². The normalized spacial score (nSPS) is 9.00. The number of hydrogen-bond acceptors (Lipinski definition) is 3. The third-order valence-electron chi connectivity index (χ3n) is 0.903. The minimum Gasteiger partial charge on any atom is -0.383 e. The van der Waals surface area contributed by atoms with Crippen molar-refractivity contribution in [3.63, 3.8) is 0 Å². The molecule has 0 spiro atoms. The van der Waals surface area contributed by atoms with E-state index in [0.29, 0.717) is 0 Å². The first-order chi connectivity index (χ1) is 4.43. The number of anilines is 1. The summed E-state index contributed by atoms with van der Waals surface area (Å²) in [7, 11) is 0. The molecular weight excluding hydrogens is 114 g/mol. The number of rotatable bonds is 2. The average molecular weight is 122 g/mol. The molecule has 1 heterocycles. The van der Waals surface area contributed by atoms with E-state index < -0.39 is 0 Å². The zero-order valence-electron chi connectivity index (χ0n) is 5.26. The lowest BCUT2D eigenvalue weighted by Crippen LogP contribution is -1.96. The van der Waals surface area contributed by atoms with Gasteiger partial charge in [-0.2, -0.15) is 5.10 Å². The lowest BCUT2D eigenvalue weighted by atomic mass is 10.5. The number of aromatic nitrogens is 2. The number of hydrogen-bond donors (Lipinski definition) is 1. The maximum absolute atomic E-state index is 3.58. The van der Waals surface area contributed by atoms with E-state index in [2.05, 4.69) is 21.7 Å². The van der Waals surface area contributed by atoms with Crippen LogP contribution in [0.1, 0.15) is 6.92 Å². The number of nitrogens with zero attached hydrogens (tertiary/aromatic N) is 2. The molecule has 0 bridgehead atoms. The molecule has 3 nitrogen and oxygen atoms in total. The minimum atomic E-state index is 0.891. The molecule has 0 aliphatic carbocycles. The summed E-state index contributed by atoms with van der Waals surface area (Å²) in [5.41, 5.74) is 0.896. The van der Waals surface area contributed by atoms with Crippen molar-refractivity contribution in [2.24, 2.45) is 0 Å². The lowest BCUT2D eigenvalue weighted by Gasteiger charge is -1.96. The predicted molar refractivity (Wildman–Crippen MR) is 35.0 cm³/mol. The molecule has 1 radical (unpaired) electrons. The van der Waals surface area contributed by atoms with E-state index in [1.54, 1.807) is 6.20 Å². The van der Waals surface area contributed by atoms with Gasteiger partial charge in [-0.05, 0) is 13.0 Å². The summed E-state index contributed by atoms with van der Waals surface area (Å²) in [6.45, 7) is 2.91. The second-order valence-corrected chi connectivity index (χ2v) is 1.59. The summed E-state index contributed by atoms with van der Waals surface area (Å²) in [6, 6.07) is 1.83. The summed E-state index contributed by atoms with van der Waals surface area (Å²) >= 11 is 0. The molecule has 9 heavy (non-hydrogen) atoms. The zero-order valence-corrected chi connectivity index (χ0v) is 5.26. The molecule has 0 saturated carbocycles. The van der Waals surface area contributed by atoms with E-state index >= 15 is 0 Å². The Morgan fingerprint density at radius 2 is 2.67 bits per heavy atom. The Labute approximate surface area is 54.1 Å². The minimum absolute atomic E-state index is 0.891. The fourth-order valence-corrected chi connectivity index (χ4v) is 0.550. The first kappa shape index (κ1) is 6.01. The van der Waals surface area contributed by atoms with Crippen LogP contribution in [-0.2, 0) is 0 Å². The molecule has 0 fully saturated rings. The summed E-state index contributed by atoms with van der Waals surface area (Å²) in [6.07, 6.45) is 4.33. The maximum atomic E-state index is 3.58. The highest BCUT2D eigenvalue weighted by atomic mass is 15.1. The van der Waals surface area contributed by atoms with E-state index in [9.17, 15) is 0 Å². The molecule has 0 aliphatic heterocycles. The molecule has 1 N–H and O–H groups in total. The fourth-order valence-electron chi connectivity index (χ4n) is 0.550. The van der Waals surface area contributed by atoms with Crippen molar-refractivity contribution in [3.8, 4) is 0 Å². The smallest absolute Gasteiger partial charge is 0.138 e. The van der Waals surface area contributed by atoms with Crippen LogP contribution in [0.3, 0.4) is 0 Å². The maximum Gasteiger partial charge on any atom is 0.138 e. The molecule has 1 rings (SSSR count). The second-order valence-electron chi connectivity index (χ2n) is 1.59. The van der Waals surface area contributed by atoms with Crippen LogP contribution in [0.5, 0.6) is 0 Å². The van der Waals surface area contributed by atoms with Gasteiger partial charge in [0.05, 0.1) is 11.9 Å². The Morgan fingerprint density at radius 3 is 3.22 bits per heavy atom. The monoisotopic (exact) mass is 122 g/mol. The molecule has 1 aromatic rings. The van der Waals surface area contributed by atoms with Crippen LogP contribution in [0, 0.1) is 6.20 Å². The van der Waals surface area contributed by atoms with E-state index in [0.717, 1.165) is 12.2 Å². The fraction of sp³-hybridized carbons (Fsp3) is 0.333. The zero-order chi connectivity index (χ0) is 6.53. The highest BCUT2D eigenvalue weighted by Gasteiger charge is 1.84. The molecule has 0 amide bonds. The average Bonchev–Trinajstić information content (AvgIpc) is 1.91. The Hall–Kier alpha value is -1.12. The van der Waals surface area contributed by atoms with Crippen LogP contribution in [0.25, 0.3) is 0 Å². The van der Waals surface area contributed by atoms with E-state index in [4.69, 9.17) is 0 Å². The van der Waals surface area contributed by atoms with Gasteiger partial charge in [0.15, 0.2) is 0 Å². The van der Waals surface area contributed by atoms with Crippen molar-refractivity contribution >= 4 is 5.69 Å². The molecular formula is C6H8N3. The summed E-state index contributed by atoms with van der Waals surface area (Å²) in [4.78, 5) is 0. The highest BCUT2D eigenvalue weighted by Crippen LogP contribution is 1.97. The quantitative estimate of drug-likeness (QED) is 0.627. The first-order valence-electron chi connectivity index (χ1n) is 2.86. The van der Waals surface area contributed by atoms with Crippen LogP contribution in [-0.4, -0.2) is 16.7 Å². The molecule has 0 aliphatic rings. The van der Waals surface area contributed by atoms with Gasteiger partial charge >= 0.3 is 0 Å². The number of nitrogens with one attached hydrogen (secondary N) is 1. The van der Waals surface area contributed by atoms with Crippen molar-refractivity contribution in [1.82, 2.24) is 10.2 Å². The van der Waals surface area contributed by atoms with E-state index in [-0.39, 0.29) is 0 Å². The molecule has 3 heteroatoms. The van der Waals surface area contributed by atoms with Crippen LogP contribution in [0.15, 0.2) is 12.3 Å². The van der Waals surface area contributed by atoms with Crippen molar-refractivity contribution in [3.05, 3.63) is 18.5 Å². The van der Waals surface area contributed by atoms with Crippen molar-refractivity contribution in [1.29, 1.82) is 0 Å². The Kier molecular flexibility index (Phi) is 2.01. The third kappa shape index (κ3) is 1.68. The summed E-state index contributed by atoms with van der Waals surface area (Å²) in [5.74, 6) is 0. The molecule has 0 saturated heterocycles. The Balaban J connectivity index is 2.61. The van der Waals surface area contributed by atoms with Gasteiger partial charge in [-0.25, -0.2) is 0 Å². The van der Waals surface area contributed by atoms with Gasteiger partial charge in [0.1, 0.15) is 6.20 Å². The van der Waals surface area contributed by atoms with Gasteiger partial charge in [-0.1, -0.05) is 0 Å². The van der Waals surface area contributed by atoms with Gasteiger partial charge in [0, 0.05) is 6.54 Å². The van der Waals surface area contributed by atoms with E-state index in [1.807, 2.05) is 13.0 Å². The molecule has 0 aromatic carbocycles. The van der Waals surface area contributed by atoms with Crippen molar-refractivity contribution in [2.45, 2.75) is 6.92 Å². The Bertz CT molecular complexity index is 161. The molecule has 0 atom stereocenters. The lowest BCUT2D eigenvalue weighted by molar-refractivity contribution is 1.02. The summed E-state index contributed by atoms with van der Waals surface area (Å²) in [5, 5.41) is 10.2. The predicted octanol–water partition coefficient (Wildman–Crippen LogP) is 0.709. The van der Waals surface area contributed by atoms with Gasteiger partial charge < -0.3 is 5.32 Å². The van der Waals surface area contributed by atoms with Crippen molar-refractivity contribution in [2.75, 3.05) is 11.9 Å². The van der Waals surface area contributed by atoms with Gasteiger partial charge in [0.25, 0.3) is 0 Å². The standard InChI is InChI=1S/C6H8N3/c1-2-7-6-3-4-8-9-5-6/h3-4H,2H2,1H3,(H,7,8). The van der Waals surface area contributed by atoms with Crippen LogP contribution >= 0.6 is 0 Å². The Morgan fingerprint density at radius 1 is 1.78 bits per heavy atom. The third-order valence-corrected chi connectivity index (χ3v) is 0.903. The van der Waals surface area contributed by atoms with Crippen molar-refractivity contribution < 1.29 is 0 Å². The summed E-state index contributed by atoms with van der Waals surface area (Å²) < 4.78 is 0. The molecule has 47 valence electrons. The van der Waals surface area contributed by atoms with Gasteiger partial charge in [-0.15, -0.1) is 5.10 Å². The second kappa shape index (κ2) is 3.02.